The van der Waals surface area contributed by atoms with Gasteiger partial charge in [0.2, 0.25) is 5.95 Å². The predicted octanol–water partition coefficient (Wildman–Crippen LogP) is 3.62. The smallest absolute Gasteiger partial charge is 0.247 e. The van der Waals surface area contributed by atoms with Gasteiger partial charge in [-0.2, -0.15) is 4.98 Å². The minimum absolute atomic E-state index is 0.521. The Kier molecular flexibility index (Phi) is 5.71. The number of methoxy groups -OCH3 is 2. The Balaban J connectivity index is 2.03. The van der Waals surface area contributed by atoms with Crippen LogP contribution in [0.5, 0.6) is 11.5 Å². The van der Waals surface area contributed by atoms with Gasteiger partial charge in [0.25, 0.3) is 0 Å². The summed E-state index contributed by atoms with van der Waals surface area (Å²) >= 11 is 1.62. The number of ether oxygens (including phenoxy) is 2. The monoisotopic (exact) mass is 320 g/mol. The summed E-state index contributed by atoms with van der Waals surface area (Å²) < 4.78 is 10.5. The maximum absolute atomic E-state index is 5.27. The molecule has 0 amide bonds. The SMILES string of the molecule is CC=C(C)CSc1nc(Nc2ccc(OC)c(OC)c2)n[nH]1. The summed E-state index contributed by atoms with van der Waals surface area (Å²) in [5.74, 6) is 2.75. The molecule has 0 saturated heterocycles. The van der Waals surface area contributed by atoms with Crippen molar-refractivity contribution in [1.29, 1.82) is 0 Å². The molecule has 1 aromatic carbocycles. The van der Waals surface area contributed by atoms with Gasteiger partial charge in [-0.05, 0) is 26.0 Å². The van der Waals surface area contributed by atoms with Gasteiger partial charge in [0, 0.05) is 17.5 Å². The van der Waals surface area contributed by atoms with Crippen LogP contribution in [0.3, 0.4) is 0 Å². The molecule has 0 spiro atoms. The van der Waals surface area contributed by atoms with E-state index in [1.165, 1.54) is 5.57 Å². The van der Waals surface area contributed by atoms with E-state index in [9.17, 15) is 0 Å². The molecule has 0 atom stereocenters. The van der Waals surface area contributed by atoms with Gasteiger partial charge in [0.1, 0.15) is 0 Å². The van der Waals surface area contributed by atoms with Crippen LogP contribution in [-0.2, 0) is 0 Å². The molecule has 6 nitrogen and oxygen atoms in total. The molecule has 0 unspecified atom stereocenters. The molecule has 7 heteroatoms. The molecule has 0 radical (unpaired) electrons. The topological polar surface area (TPSA) is 72.1 Å². The lowest BCUT2D eigenvalue weighted by Crippen LogP contribution is -1.95. The summed E-state index contributed by atoms with van der Waals surface area (Å²) in [7, 11) is 3.21. The normalized spacial score (nSPS) is 11.4. The van der Waals surface area contributed by atoms with Crippen LogP contribution in [0, 0.1) is 0 Å². The van der Waals surface area contributed by atoms with E-state index < -0.39 is 0 Å². The molecule has 0 aliphatic carbocycles. The number of thioether (sulfide) groups is 1. The molecule has 2 aromatic rings. The van der Waals surface area contributed by atoms with E-state index in [0.29, 0.717) is 17.4 Å². The molecule has 0 aliphatic heterocycles. The Bertz CT molecular complexity index is 655. The van der Waals surface area contributed by atoms with Crippen LogP contribution >= 0.6 is 11.8 Å². The van der Waals surface area contributed by atoms with Crippen LogP contribution in [0.1, 0.15) is 13.8 Å². The Morgan fingerprint density at radius 2 is 2.09 bits per heavy atom. The summed E-state index contributed by atoms with van der Waals surface area (Å²) in [5, 5.41) is 11.0. The number of H-pyrrole nitrogens is 1. The highest BCUT2D eigenvalue weighted by atomic mass is 32.2. The molecule has 2 rings (SSSR count). The number of aromatic nitrogens is 3. The Morgan fingerprint density at radius 1 is 1.32 bits per heavy atom. The molecule has 0 saturated carbocycles. The van der Waals surface area contributed by atoms with Crippen LogP contribution in [-0.4, -0.2) is 35.2 Å². The number of nitrogens with one attached hydrogen (secondary N) is 2. The fourth-order valence-electron chi connectivity index (χ4n) is 1.68. The van der Waals surface area contributed by atoms with Crippen LogP contribution in [0.15, 0.2) is 35.0 Å². The van der Waals surface area contributed by atoms with Crippen molar-refractivity contribution in [2.45, 2.75) is 19.0 Å². The molecule has 1 heterocycles. The van der Waals surface area contributed by atoms with E-state index in [-0.39, 0.29) is 0 Å². The van der Waals surface area contributed by atoms with Crippen molar-refractivity contribution in [2.24, 2.45) is 0 Å². The Morgan fingerprint density at radius 3 is 2.77 bits per heavy atom. The van der Waals surface area contributed by atoms with E-state index >= 15 is 0 Å². The third-order valence-corrected chi connectivity index (χ3v) is 4.09. The maximum Gasteiger partial charge on any atom is 0.247 e. The lowest BCUT2D eigenvalue weighted by molar-refractivity contribution is 0.355. The van der Waals surface area contributed by atoms with Crippen LogP contribution in [0.25, 0.3) is 0 Å². The highest BCUT2D eigenvalue weighted by molar-refractivity contribution is 7.99. The number of benzene rings is 1. The number of allylic oxidation sites excluding steroid dienone is 1. The zero-order valence-electron chi connectivity index (χ0n) is 13.1. The van der Waals surface area contributed by atoms with Crippen molar-refractivity contribution in [3.63, 3.8) is 0 Å². The lowest BCUT2D eigenvalue weighted by atomic mass is 10.3. The highest BCUT2D eigenvalue weighted by Crippen LogP contribution is 2.30. The first-order valence-electron chi connectivity index (χ1n) is 6.82. The van der Waals surface area contributed by atoms with E-state index in [0.717, 1.165) is 16.6 Å². The molecule has 118 valence electrons. The van der Waals surface area contributed by atoms with Crippen LogP contribution in [0.2, 0.25) is 0 Å². The molecular formula is C15H20N4O2S. The fourth-order valence-corrected chi connectivity index (χ4v) is 2.47. The van der Waals surface area contributed by atoms with Gasteiger partial charge >= 0.3 is 0 Å². The van der Waals surface area contributed by atoms with Crippen molar-refractivity contribution in [3.05, 3.63) is 29.8 Å². The van der Waals surface area contributed by atoms with Crippen molar-refractivity contribution in [3.8, 4) is 11.5 Å². The second kappa shape index (κ2) is 7.74. The average Bonchev–Trinajstić information content (AvgIpc) is 2.99. The van der Waals surface area contributed by atoms with Gasteiger partial charge in [0.05, 0.1) is 14.2 Å². The molecule has 1 aromatic heterocycles. The molecule has 0 aliphatic rings. The predicted molar refractivity (Wildman–Crippen MR) is 89.4 cm³/mol. The minimum atomic E-state index is 0.521. The summed E-state index contributed by atoms with van der Waals surface area (Å²) in [5.41, 5.74) is 2.13. The number of nitrogens with zero attached hydrogens (tertiary/aromatic N) is 2. The van der Waals surface area contributed by atoms with Gasteiger partial charge in [-0.1, -0.05) is 23.4 Å². The number of hydrogen-bond donors (Lipinski definition) is 2. The third kappa shape index (κ3) is 4.17. The first kappa shape index (κ1) is 16.2. The van der Waals surface area contributed by atoms with Crippen molar-refractivity contribution < 1.29 is 9.47 Å². The first-order chi connectivity index (χ1) is 10.7. The third-order valence-electron chi connectivity index (χ3n) is 3.03. The minimum Gasteiger partial charge on any atom is -0.493 e. The van der Waals surface area contributed by atoms with E-state index in [1.807, 2.05) is 25.1 Å². The largest absolute Gasteiger partial charge is 0.493 e. The van der Waals surface area contributed by atoms with Crippen LogP contribution in [0.4, 0.5) is 11.6 Å². The molecule has 0 bridgehead atoms. The van der Waals surface area contributed by atoms with Crippen molar-refractivity contribution >= 4 is 23.4 Å². The zero-order valence-corrected chi connectivity index (χ0v) is 14.0. The molecule has 22 heavy (non-hydrogen) atoms. The lowest BCUT2D eigenvalue weighted by Gasteiger charge is -2.09. The number of aromatic amines is 1. The molecular weight excluding hydrogens is 300 g/mol. The van der Waals surface area contributed by atoms with Gasteiger partial charge in [0.15, 0.2) is 16.7 Å². The van der Waals surface area contributed by atoms with E-state index in [2.05, 4.69) is 33.5 Å². The van der Waals surface area contributed by atoms with Gasteiger partial charge in [-0.25, -0.2) is 0 Å². The molecule has 0 fully saturated rings. The highest BCUT2D eigenvalue weighted by Gasteiger charge is 2.08. The van der Waals surface area contributed by atoms with Crippen molar-refractivity contribution in [1.82, 2.24) is 15.2 Å². The second-order valence-corrected chi connectivity index (χ2v) is 5.55. The second-order valence-electron chi connectivity index (χ2n) is 4.58. The van der Waals surface area contributed by atoms with Crippen LogP contribution < -0.4 is 14.8 Å². The standard InChI is InChI=1S/C15H20N4O2S/c1-5-10(2)9-22-15-17-14(18-19-15)16-11-6-7-12(20-3)13(8-11)21-4/h5-8H,9H2,1-4H3,(H2,16,17,18,19). The summed E-state index contributed by atoms with van der Waals surface area (Å²) in [6, 6.07) is 5.55. The van der Waals surface area contributed by atoms with Crippen molar-refractivity contribution in [2.75, 3.05) is 25.3 Å². The van der Waals surface area contributed by atoms with Gasteiger partial charge in [-0.15, -0.1) is 5.10 Å². The van der Waals surface area contributed by atoms with Gasteiger partial charge < -0.3 is 14.8 Å². The summed E-state index contributed by atoms with van der Waals surface area (Å²) in [6.45, 7) is 4.12. The Labute approximate surface area is 134 Å². The maximum atomic E-state index is 5.27. The first-order valence-corrected chi connectivity index (χ1v) is 7.81. The number of hydrogen-bond acceptors (Lipinski definition) is 6. The number of anilines is 2. The average molecular weight is 320 g/mol. The Hall–Kier alpha value is -2.15. The molecule has 2 N–H and O–H groups in total. The van der Waals surface area contributed by atoms with E-state index in [1.54, 1.807) is 26.0 Å². The summed E-state index contributed by atoms with van der Waals surface area (Å²) in [4.78, 5) is 4.40. The quantitative estimate of drug-likeness (QED) is 0.599. The summed E-state index contributed by atoms with van der Waals surface area (Å²) in [6.07, 6.45) is 2.09. The van der Waals surface area contributed by atoms with E-state index in [4.69, 9.17) is 9.47 Å². The van der Waals surface area contributed by atoms with Gasteiger partial charge in [-0.3, -0.25) is 5.10 Å². The fraction of sp³-hybridized carbons (Fsp3) is 0.333. The number of rotatable bonds is 7. The zero-order chi connectivity index (χ0) is 15.9.